The van der Waals surface area contributed by atoms with E-state index in [2.05, 4.69) is 30.6 Å². The number of anilines is 2. The van der Waals surface area contributed by atoms with Crippen LogP contribution in [0.4, 0.5) is 11.4 Å². The first-order chi connectivity index (χ1) is 23.3. The number of carbonyl (C=O) groups excluding carboxylic acids is 2. The molecule has 6 atom stereocenters. The van der Waals surface area contributed by atoms with Crippen LogP contribution in [0.1, 0.15) is 91.5 Å². The van der Waals surface area contributed by atoms with Gasteiger partial charge in [-0.15, -0.1) is 0 Å². The molecule has 0 aliphatic rings. The highest BCUT2D eigenvalue weighted by Crippen LogP contribution is 2.37. The molecule has 2 amide bonds. The zero-order valence-corrected chi connectivity index (χ0v) is 29.7. The molecule has 49 heavy (non-hydrogen) atoms. The zero-order chi connectivity index (χ0) is 36.5. The molecule has 2 aromatic carbocycles. The number of carboxylic acids is 2. The second-order valence-electron chi connectivity index (χ2n) is 13.1. The van der Waals surface area contributed by atoms with Gasteiger partial charge in [0.05, 0.1) is 30.6 Å². The van der Waals surface area contributed by atoms with Crippen molar-refractivity contribution >= 4 is 35.1 Å². The summed E-state index contributed by atoms with van der Waals surface area (Å²) < 4.78 is 5.18. The number of rotatable bonds is 21. The van der Waals surface area contributed by atoms with Gasteiger partial charge >= 0.3 is 11.9 Å². The van der Waals surface area contributed by atoms with Crippen molar-refractivity contribution < 1.29 is 34.1 Å². The number of nitrogens with zero attached hydrogens (tertiary/aromatic N) is 1. The number of hydrogen-bond acceptors (Lipinski definition) is 6. The highest BCUT2D eigenvalue weighted by molar-refractivity contribution is 5.94. The standard InChI is InChI=1S/C39H53N3O7/c1-7-25(3)10-9-11-26(4)33(35(39(47)48)23-37(44)42-30-17-19-31(49-6)20-18-30)21-12-27(5)32(8-2)34(38(45)46)22-36(43)41-29-15-13-28(24-40)14-16-29/h10,13-20,26-27,32-35H,7-9,11-12,21-23H2,1-6H3,(H,41,43)(H,42,44)(H,45,46)(H,47,48)/b25-10-. The van der Waals surface area contributed by atoms with Crippen molar-refractivity contribution in [1.82, 2.24) is 0 Å². The molecule has 0 bridgehead atoms. The Bertz CT molecular complexity index is 1450. The third-order valence-electron chi connectivity index (χ3n) is 9.71. The molecule has 0 aromatic heterocycles. The maximum atomic E-state index is 13.1. The number of carbonyl (C=O) groups is 4. The molecule has 6 unspecified atom stereocenters. The number of hydrogen-bond donors (Lipinski definition) is 4. The first-order valence-electron chi connectivity index (χ1n) is 17.2. The third kappa shape index (κ3) is 13.4. The van der Waals surface area contributed by atoms with Crippen molar-refractivity contribution in [3.8, 4) is 11.8 Å². The van der Waals surface area contributed by atoms with Gasteiger partial charge in [0.1, 0.15) is 5.75 Å². The van der Waals surface area contributed by atoms with Crippen molar-refractivity contribution in [2.75, 3.05) is 17.7 Å². The van der Waals surface area contributed by atoms with E-state index < -0.39 is 35.6 Å². The number of aliphatic carboxylic acids is 2. The van der Waals surface area contributed by atoms with Crippen LogP contribution in [0.5, 0.6) is 5.75 Å². The Morgan fingerprint density at radius 2 is 1.29 bits per heavy atom. The van der Waals surface area contributed by atoms with Gasteiger partial charge in [-0.05, 0) is 105 Å². The Hall–Kier alpha value is -4.65. The number of nitriles is 1. The molecule has 0 aliphatic carbocycles. The van der Waals surface area contributed by atoms with Crippen LogP contribution in [0.25, 0.3) is 0 Å². The Labute approximate surface area is 290 Å². The van der Waals surface area contributed by atoms with Crippen LogP contribution >= 0.6 is 0 Å². The van der Waals surface area contributed by atoms with Crippen LogP contribution in [-0.2, 0) is 19.2 Å². The molecule has 0 saturated heterocycles. The molecule has 4 N–H and O–H groups in total. The van der Waals surface area contributed by atoms with Gasteiger partial charge in [-0.25, -0.2) is 0 Å². The van der Waals surface area contributed by atoms with Gasteiger partial charge < -0.3 is 25.6 Å². The lowest BCUT2D eigenvalue weighted by atomic mass is 9.71. The van der Waals surface area contributed by atoms with Crippen LogP contribution in [0.2, 0.25) is 0 Å². The average Bonchev–Trinajstić information content (AvgIpc) is 3.08. The Kier molecular flexibility index (Phi) is 17.1. The lowest BCUT2D eigenvalue weighted by molar-refractivity contribution is -0.146. The van der Waals surface area contributed by atoms with Crippen molar-refractivity contribution in [2.24, 2.45) is 35.5 Å². The van der Waals surface area contributed by atoms with Gasteiger partial charge in [-0.2, -0.15) is 5.26 Å². The summed E-state index contributed by atoms with van der Waals surface area (Å²) in [6, 6.07) is 15.2. The fourth-order valence-electron chi connectivity index (χ4n) is 6.56. The van der Waals surface area contributed by atoms with E-state index in [9.17, 15) is 29.4 Å². The first-order valence-corrected chi connectivity index (χ1v) is 17.2. The van der Waals surface area contributed by atoms with E-state index in [-0.39, 0.29) is 36.5 Å². The molecule has 2 aromatic rings. The molecule has 0 aliphatic heterocycles. The minimum Gasteiger partial charge on any atom is -0.497 e. The van der Waals surface area contributed by atoms with Gasteiger partial charge in [0.25, 0.3) is 0 Å². The van der Waals surface area contributed by atoms with Crippen molar-refractivity contribution in [2.45, 2.75) is 86.0 Å². The number of carboxylic acid groups (broad SMARTS) is 2. The molecule has 10 nitrogen and oxygen atoms in total. The van der Waals surface area contributed by atoms with Crippen LogP contribution in [0, 0.1) is 46.8 Å². The second-order valence-corrected chi connectivity index (χ2v) is 13.1. The molecule has 0 radical (unpaired) electrons. The van der Waals surface area contributed by atoms with E-state index in [1.165, 1.54) is 5.57 Å². The molecule has 266 valence electrons. The Morgan fingerprint density at radius 1 is 0.796 bits per heavy atom. The first kappa shape index (κ1) is 40.5. The van der Waals surface area contributed by atoms with E-state index in [0.29, 0.717) is 42.0 Å². The average molecular weight is 676 g/mol. The predicted octanol–water partition coefficient (Wildman–Crippen LogP) is 8.16. The minimum atomic E-state index is -1.06. The summed E-state index contributed by atoms with van der Waals surface area (Å²) in [6.45, 7) is 10.1. The molecule has 0 saturated carbocycles. The number of allylic oxidation sites excluding steroid dienone is 2. The summed E-state index contributed by atoms with van der Waals surface area (Å²) >= 11 is 0. The van der Waals surface area contributed by atoms with Crippen molar-refractivity contribution in [3.05, 3.63) is 65.7 Å². The molecular weight excluding hydrogens is 622 g/mol. The van der Waals surface area contributed by atoms with Crippen LogP contribution in [0.3, 0.4) is 0 Å². The summed E-state index contributed by atoms with van der Waals surface area (Å²) in [4.78, 5) is 51.3. The van der Waals surface area contributed by atoms with Gasteiger partial charge in [0, 0.05) is 24.2 Å². The topological polar surface area (TPSA) is 166 Å². The highest BCUT2D eigenvalue weighted by atomic mass is 16.5. The summed E-state index contributed by atoms with van der Waals surface area (Å²) in [5.74, 6) is -4.99. The monoisotopic (exact) mass is 675 g/mol. The fourth-order valence-corrected chi connectivity index (χ4v) is 6.56. The van der Waals surface area contributed by atoms with Crippen LogP contribution in [0.15, 0.2) is 60.2 Å². The van der Waals surface area contributed by atoms with Gasteiger partial charge in [-0.1, -0.05) is 52.2 Å². The molecular formula is C39H53N3O7. The smallest absolute Gasteiger partial charge is 0.307 e. The third-order valence-corrected chi connectivity index (χ3v) is 9.71. The van der Waals surface area contributed by atoms with Crippen LogP contribution in [-0.4, -0.2) is 41.1 Å². The number of amides is 2. The van der Waals surface area contributed by atoms with E-state index in [1.807, 2.05) is 26.8 Å². The van der Waals surface area contributed by atoms with Gasteiger partial charge in [0.15, 0.2) is 0 Å². The molecule has 0 heterocycles. The number of nitrogens with one attached hydrogen (secondary N) is 2. The van der Waals surface area contributed by atoms with Crippen molar-refractivity contribution in [3.63, 3.8) is 0 Å². The highest BCUT2D eigenvalue weighted by Gasteiger charge is 2.37. The van der Waals surface area contributed by atoms with E-state index >= 15 is 0 Å². The molecule has 10 heteroatoms. The predicted molar refractivity (Wildman–Crippen MR) is 191 cm³/mol. The quantitative estimate of drug-likeness (QED) is 0.0962. The minimum absolute atomic E-state index is 0.0171. The normalized spacial score (nSPS) is 15.1. The molecule has 0 spiro atoms. The Balaban J connectivity index is 2.23. The number of ether oxygens (including phenoxy) is 1. The number of methoxy groups -OCH3 is 1. The largest absolute Gasteiger partial charge is 0.497 e. The van der Waals surface area contributed by atoms with Crippen LogP contribution < -0.4 is 15.4 Å². The van der Waals surface area contributed by atoms with Gasteiger partial charge in [0.2, 0.25) is 11.8 Å². The summed E-state index contributed by atoms with van der Waals surface area (Å²) in [5, 5.41) is 35.2. The maximum absolute atomic E-state index is 13.1. The lowest BCUT2D eigenvalue weighted by Crippen LogP contribution is -2.34. The zero-order valence-electron chi connectivity index (χ0n) is 29.7. The summed E-state index contributed by atoms with van der Waals surface area (Å²) in [7, 11) is 1.55. The Morgan fingerprint density at radius 3 is 1.73 bits per heavy atom. The molecule has 2 rings (SSSR count). The van der Waals surface area contributed by atoms with E-state index in [4.69, 9.17) is 10.00 Å². The maximum Gasteiger partial charge on any atom is 0.307 e. The SMILES string of the molecule is CC/C(C)=C\CCC(C)C(CCC(C)C(CC)C(CC(=O)Nc1ccc(C#N)cc1)C(=O)O)C(CC(=O)Nc1ccc(OC)cc1)C(=O)O. The fraction of sp³-hybridized carbons (Fsp3) is 0.513. The molecule has 0 fully saturated rings. The van der Waals surface area contributed by atoms with Crippen molar-refractivity contribution in [1.29, 1.82) is 5.26 Å². The summed E-state index contributed by atoms with van der Waals surface area (Å²) in [6.07, 6.45) is 5.81. The number of benzene rings is 2. The van der Waals surface area contributed by atoms with E-state index in [0.717, 1.165) is 19.3 Å². The lowest BCUT2D eigenvalue weighted by Gasteiger charge is -2.33. The van der Waals surface area contributed by atoms with E-state index in [1.54, 1.807) is 55.6 Å². The van der Waals surface area contributed by atoms with Gasteiger partial charge in [-0.3, -0.25) is 19.2 Å². The second kappa shape index (κ2) is 20.7. The summed E-state index contributed by atoms with van der Waals surface area (Å²) in [5.41, 5.74) is 2.73.